The Morgan fingerprint density at radius 3 is 2.65 bits per heavy atom. The molecule has 1 N–H and O–H groups in total. The fourth-order valence-electron chi connectivity index (χ4n) is 2.91. The molecule has 0 aliphatic carbocycles. The van der Waals surface area contributed by atoms with Gasteiger partial charge in [-0.15, -0.1) is 22.7 Å². The van der Waals surface area contributed by atoms with Gasteiger partial charge in [-0.1, -0.05) is 48.5 Å². The molecule has 0 saturated heterocycles. The van der Waals surface area contributed by atoms with Gasteiger partial charge in [-0.3, -0.25) is 4.79 Å². The molecule has 26 heavy (non-hydrogen) atoms. The molecule has 0 saturated carbocycles. The molecule has 4 aromatic rings. The molecule has 0 bridgehead atoms. The van der Waals surface area contributed by atoms with E-state index in [9.17, 15) is 4.79 Å². The molecule has 5 heteroatoms. The average Bonchev–Trinajstić information content (AvgIpc) is 3.26. The molecule has 0 aliphatic heterocycles. The van der Waals surface area contributed by atoms with Crippen molar-refractivity contribution in [3.8, 4) is 10.6 Å². The van der Waals surface area contributed by atoms with E-state index in [2.05, 4.69) is 41.9 Å². The van der Waals surface area contributed by atoms with Crippen LogP contribution in [0.1, 0.15) is 16.1 Å². The summed E-state index contributed by atoms with van der Waals surface area (Å²) in [6, 6.07) is 18.3. The van der Waals surface area contributed by atoms with Crippen molar-refractivity contribution in [2.24, 2.45) is 0 Å². The number of amides is 1. The van der Waals surface area contributed by atoms with E-state index in [0.29, 0.717) is 13.0 Å². The summed E-state index contributed by atoms with van der Waals surface area (Å²) in [5.41, 5.74) is 3.33. The molecule has 1 amide bonds. The lowest BCUT2D eigenvalue weighted by Crippen LogP contribution is -2.24. The van der Waals surface area contributed by atoms with E-state index >= 15 is 0 Å². The van der Waals surface area contributed by atoms with Crippen LogP contribution in [0, 0.1) is 6.92 Å². The molecule has 3 nitrogen and oxygen atoms in total. The van der Waals surface area contributed by atoms with Gasteiger partial charge in [0.2, 0.25) is 5.91 Å². The van der Waals surface area contributed by atoms with Crippen LogP contribution >= 0.6 is 22.7 Å². The third-order valence-electron chi connectivity index (χ3n) is 4.27. The van der Waals surface area contributed by atoms with E-state index in [-0.39, 0.29) is 5.91 Å². The monoisotopic (exact) mass is 378 g/mol. The van der Waals surface area contributed by atoms with Crippen LogP contribution in [0.3, 0.4) is 0 Å². The SMILES string of the molecule is Cc1c(-c2csc(CC(=O)NCc3ccccc3)n2)sc2ccccc12. The zero-order valence-corrected chi connectivity index (χ0v) is 16.0. The van der Waals surface area contributed by atoms with Crippen molar-refractivity contribution >= 4 is 38.7 Å². The average molecular weight is 379 g/mol. The molecular weight excluding hydrogens is 360 g/mol. The van der Waals surface area contributed by atoms with Crippen LogP contribution in [-0.2, 0) is 17.8 Å². The standard InChI is InChI=1S/C21H18N2OS2/c1-14-16-9-5-6-10-18(16)26-21(14)17-13-25-20(23-17)11-19(24)22-12-15-7-3-2-4-8-15/h2-10,13H,11-12H2,1H3,(H,22,24). The number of fused-ring (bicyclic) bond motifs is 1. The summed E-state index contributed by atoms with van der Waals surface area (Å²) < 4.78 is 1.27. The highest BCUT2D eigenvalue weighted by Gasteiger charge is 2.14. The number of carbonyl (C=O) groups excluding carboxylic acids is 1. The van der Waals surface area contributed by atoms with E-state index in [0.717, 1.165) is 16.3 Å². The number of thiazole rings is 1. The summed E-state index contributed by atoms with van der Waals surface area (Å²) in [5.74, 6) is 0.00261. The van der Waals surface area contributed by atoms with E-state index in [1.807, 2.05) is 30.3 Å². The van der Waals surface area contributed by atoms with E-state index in [1.165, 1.54) is 20.5 Å². The zero-order chi connectivity index (χ0) is 17.9. The summed E-state index contributed by atoms with van der Waals surface area (Å²) >= 11 is 3.31. The number of rotatable bonds is 5. The minimum Gasteiger partial charge on any atom is -0.352 e. The molecule has 0 fully saturated rings. The molecule has 4 rings (SSSR count). The highest BCUT2D eigenvalue weighted by Crippen LogP contribution is 2.38. The number of hydrogen-bond acceptors (Lipinski definition) is 4. The minimum atomic E-state index is 0.00261. The molecule has 0 aliphatic rings. The predicted molar refractivity (Wildman–Crippen MR) is 110 cm³/mol. The number of thiophene rings is 1. The molecule has 130 valence electrons. The molecule has 2 heterocycles. The zero-order valence-electron chi connectivity index (χ0n) is 14.4. The van der Waals surface area contributed by atoms with E-state index in [4.69, 9.17) is 4.98 Å². The molecular formula is C21H18N2OS2. The Labute approximate surface area is 160 Å². The lowest BCUT2D eigenvalue weighted by molar-refractivity contribution is -0.120. The highest BCUT2D eigenvalue weighted by molar-refractivity contribution is 7.22. The minimum absolute atomic E-state index is 0.00261. The number of nitrogens with zero attached hydrogens (tertiary/aromatic N) is 1. The largest absolute Gasteiger partial charge is 0.352 e. The smallest absolute Gasteiger partial charge is 0.227 e. The maximum absolute atomic E-state index is 12.2. The first-order valence-electron chi connectivity index (χ1n) is 8.44. The van der Waals surface area contributed by atoms with Crippen LogP contribution in [0.25, 0.3) is 20.7 Å². The van der Waals surface area contributed by atoms with Gasteiger partial charge in [0.25, 0.3) is 0 Å². The van der Waals surface area contributed by atoms with Gasteiger partial charge in [0.05, 0.1) is 17.0 Å². The Bertz CT molecular complexity index is 1050. The number of aryl methyl sites for hydroxylation is 1. The quantitative estimate of drug-likeness (QED) is 0.519. The number of carbonyl (C=O) groups is 1. The van der Waals surface area contributed by atoms with Gasteiger partial charge in [0.15, 0.2) is 0 Å². The first-order valence-corrected chi connectivity index (χ1v) is 10.1. The summed E-state index contributed by atoms with van der Waals surface area (Å²) in [5, 5.41) is 7.14. The Morgan fingerprint density at radius 1 is 1.08 bits per heavy atom. The van der Waals surface area contributed by atoms with Crippen LogP contribution in [-0.4, -0.2) is 10.9 Å². The lowest BCUT2D eigenvalue weighted by Gasteiger charge is -2.03. The van der Waals surface area contributed by atoms with Gasteiger partial charge in [0.1, 0.15) is 5.01 Å². The van der Waals surface area contributed by atoms with Crippen molar-refractivity contribution in [1.82, 2.24) is 10.3 Å². The van der Waals surface area contributed by atoms with Gasteiger partial charge in [-0.2, -0.15) is 0 Å². The number of benzene rings is 2. The molecule has 2 aromatic carbocycles. The summed E-state index contributed by atoms with van der Waals surface area (Å²) in [6.07, 6.45) is 0.321. The molecule has 2 aromatic heterocycles. The van der Waals surface area contributed by atoms with Crippen molar-refractivity contribution in [3.63, 3.8) is 0 Å². The van der Waals surface area contributed by atoms with E-state index in [1.54, 1.807) is 22.7 Å². The van der Waals surface area contributed by atoms with Crippen LogP contribution < -0.4 is 5.32 Å². The Hall–Kier alpha value is -2.50. The Kier molecular flexibility index (Phi) is 4.82. The van der Waals surface area contributed by atoms with Gasteiger partial charge < -0.3 is 5.32 Å². The Balaban J connectivity index is 1.45. The maximum atomic E-state index is 12.2. The Morgan fingerprint density at radius 2 is 1.85 bits per heavy atom. The van der Waals surface area contributed by atoms with E-state index < -0.39 is 0 Å². The fraction of sp³-hybridized carbons (Fsp3) is 0.143. The van der Waals surface area contributed by atoms with Gasteiger partial charge in [0, 0.05) is 16.6 Å². The third kappa shape index (κ3) is 3.54. The fourth-order valence-corrected chi connectivity index (χ4v) is 4.94. The van der Waals surface area contributed by atoms with Crippen molar-refractivity contribution < 1.29 is 4.79 Å². The summed E-state index contributed by atoms with van der Waals surface area (Å²) in [4.78, 5) is 18.1. The molecule has 0 atom stereocenters. The van der Waals surface area contributed by atoms with Crippen LogP contribution in [0.4, 0.5) is 0 Å². The second-order valence-electron chi connectivity index (χ2n) is 6.12. The first kappa shape index (κ1) is 16.9. The van der Waals surface area contributed by atoms with Crippen LogP contribution in [0.5, 0.6) is 0 Å². The number of nitrogens with one attached hydrogen (secondary N) is 1. The second kappa shape index (κ2) is 7.40. The van der Waals surface area contributed by atoms with Crippen molar-refractivity contribution in [3.05, 3.63) is 76.1 Å². The van der Waals surface area contributed by atoms with Gasteiger partial charge in [-0.05, 0) is 29.5 Å². The lowest BCUT2D eigenvalue weighted by atomic mass is 10.1. The first-order chi connectivity index (χ1) is 12.7. The topological polar surface area (TPSA) is 42.0 Å². The molecule has 0 unspecified atom stereocenters. The van der Waals surface area contributed by atoms with Crippen molar-refractivity contribution in [2.45, 2.75) is 19.9 Å². The number of aromatic nitrogens is 1. The summed E-state index contributed by atoms with van der Waals surface area (Å²) in [7, 11) is 0. The molecule has 0 radical (unpaired) electrons. The maximum Gasteiger partial charge on any atom is 0.227 e. The second-order valence-corrected chi connectivity index (χ2v) is 8.11. The number of hydrogen-bond donors (Lipinski definition) is 1. The highest BCUT2D eigenvalue weighted by atomic mass is 32.1. The van der Waals surface area contributed by atoms with Crippen molar-refractivity contribution in [2.75, 3.05) is 0 Å². The predicted octanol–water partition coefficient (Wildman–Crippen LogP) is 5.19. The van der Waals surface area contributed by atoms with Gasteiger partial charge in [-0.25, -0.2) is 4.98 Å². The van der Waals surface area contributed by atoms with Crippen LogP contribution in [0.15, 0.2) is 60.0 Å². The molecule has 0 spiro atoms. The third-order valence-corrected chi connectivity index (χ3v) is 6.42. The van der Waals surface area contributed by atoms with Gasteiger partial charge >= 0.3 is 0 Å². The van der Waals surface area contributed by atoms with Crippen molar-refractivity contribution in [1.29, 1.82) is 0 Å². The normalized spacial score (nSPS) is 11.0. The summed E-state index contributed by atoms with van der Waals surface area (Å²) in [6.45, 7) is 2.69. The van der Waals surface area contributed by atoms with Crippen LogP contribution in [0.2, 0.25) is 0 Å².